The Balaban J connectivity index is 2.09. The summed E-state index contributed by atoms with van der Waals surface area (Å²) in [4.78, 5) is 4.36. The fourth-order valence-corrected chi connectivity index (χ4v) is 2.69. The van der Waals surface area contributed by atoms with Gasteiger partial charge in [0, 0.05) is 17.6 Å². The summed E-state index contributed by atoms with van der Waals surface area (Å²) in [7, 11) is 0. The van der Waals surface area contributed by atoms with Crippen LogP contribution in [-0.4, -0.2) is 4.98 Å². The number of fused-ring (bicyclic) bond motifs is 1. The lowest BCUT2D eigenvalue weighted by Crippen LogP contribution is -2.09. The highest BCUT2D eigenvalue weighted by Crippen LogP contribution is 2.24. The van der Waals surface area contributed by atoms with Crippen molar-refractivity contribution >= 4 is 10.9 Å². The van der Waals surface area contributed by atoms with Gasteiger partial charge in [0.1, 0.15) is 5.82 Å². The average molecular weight is 280 g/mol. The van der Waals surface area contributed by atoms with Crippen LogP contribution in [-0.2, 0) is 6.42 Å². The zero-order valence-electron chi connectivity index (χ0n) is 11.9. The number of hydrogen-bond acceptors (Lipinski definition) is 2. The molecule has 3 aromatic rings. The lowest BCUT2D eigenvalue weighted by Gasteiger charge is -2.14. The van der Waals surface area contributed by atoms with Crippen molar-refractivity contribution < 1.29 is 4.39 Å². The van der Waals surface area contributed by atoms with Gasteiger partial charge in [-0.1, -0.05) is 24.3 Å². The molecular weight excluding hydrogens is 263 g/mol. The highest BCUT2D eigenvalue weighted by molar-refractivity contribution is 5.82. The Morgan fingerprint density at radius 3 is 2.71 bits per heavy atom. The summed E-state index contributed by atoms with van der Waals surface area (Å²) in [6.07, 6.45) is 2.44. The number of hydrogen-bond donors (Lipinski definition) is 1. The zero-order valence-corrected chi connectivity index (χ0v) is 11.9. The molecule has 3 heteroatoms. The van der Waals surface area contributed by atoms with E-state index >= 15 is 0 Å². The molecule has 0 aliphatic rings. The highest BCUT2D eigenvalue weighted by atomic mass is 19.1. The first kappa shape index (κ1) is 13.7. The molecule has 2 N–H and O–H groups in total. The molecule has 21 heavy (non-hydrogen) atoms. The van der Waals surface area contributed by atoms with E-state index in [0.29, 0.717) is 6.42 Å². The summed E-state index contributed by atoms with van der Waals surface area (Å²) in [6, 6.07) is 14.7. The maximum Gasteiger partial charge on any atom is 0.123 e. The van der Waals surface area contributed by atoms with Crippen LogP contribution in [0.3, 0.4) is 0 Å². The number of halogens is 1. The van der Waals surface area contributed by atoms with Crippen molar-refractivity contribution in [2.45, 2.75) is 19.4 Å². The second-order valence-corrected chi connectivity index (χ2v) is 5.30. The molecule has 2 aromatic carbocycles. The molecule has 3 rings (SSSR count). The van der Waals surface area contributed by atoms with E-state index in [0.717, 1.165) is 27.6 Å². The first-order valence-electron chi connectivity index (χ1n) is 7.01. The third-order valence-corrected chi connectivity index (χ3v) is 3.72. The van der Waals surface area contributed by atoms with Crippen LogP contribution in [0, 0.1) is 5.82 Å². The van der Waals surface area contributed by atoms with Gasteiger partial charge in [-0.3, -0.25) is 4.98 Å². The molecular formula is C18H17FN2. The molecule has 106 valence electrons. The van der Waals surface area contributed by atoms with E-state index in [4.69, 9.17) is 5.73 Å². The first-order valence-corrected chi connectivity index (χ1v) is 7.01. The Kier molecular flexibility index (Phi) is 3.67. The fourth-order valence-electron chi connectivity index (χ4n) is 2.69. The number of benzene rings is 2. The predicted molar refractivity (Wildman–Crippen MR) is 83.6 cm³/mol. The Morgan fingerprint density at radius 2 is 1.90 bits per heavy atom. The lowest BCUT2D eigenvalue weighted by atomic mass is 9.94. The van der Waals surface area contributed by atoms with E-state index < -0.39 is 0 Å². The molecule has 0 spiro atoms. The molecule has 0 fully saturated rings. The topological polar surface area (TPSA) is 38.9 Å². The molecule has 0 saturated heterocycles. The standard InChI is InChI=1S/C18H17FN2/c1-12(20)16-7-6-15(19)11-14(16)10-13-8-9-21-18-5-3-2-4-17(13)18/h2-9,11-12H,10,20H2,1H3. The molecule has 2 nitrogen and oxygen atoms in total. The van der Waals surface area contributed by atoms with E-state index in [9.17, 15) is 4.39 Å². The van der Waals surface area contributed by atoms with Crippen LogP contribution in [0.2, 0.25) is 0 Å². The zero-order chi connectivity index (χ0) is 14.8. The normalized spacial score (nSPS) is 12.5. The van der Waals surface area contributed by atoms with E-state index in [1.165, 1.54) is 6.07 Å². The van der Waals surface area contributed by atoms with Crippen molar-refractivity contribution in [3.8, 4) is 0 Å². The molecule has 0 radical (unpaired) electrons. The van der Waals surface area contributed by atoms with Crippen molar-refractivity contribution in [3.63, 3.8) is 0 Å². The van der Waals surface area contributed by atoms with Crippen LogP contribution in [0.4, 0.5) is 4.39 Å². The van der Waals surface area contributed by atoms with E-state index in [-0.39, 0.29) is 11.9 Å². The van der Waals surface area contributed by atoms with Crippen molar-refractivity contribution in [1.82, 2.24) is 4.98 Å². The second kappa shape index (κ2) is 5.62. The van der Waals surface area contributed by atoms with Gasteiger partial charge >= 0.3 is 0 Å². The van der Waals surface area contributed by atoms with Crippen LogP contribution in [0.15, 0.2) is 54.7 Å². The van der Waals surface area contributed by atoms with Gasteiger partial charge in [0.05, 0.1) is 5.52 Å². The Hall–Kier alpha value is -2.26. The maximum atomic E-state index is 13.6. The Bertz CT molecular complexity index is 776. The van der Waals surface area contributed by atoms with Crippen LogP contribution < -0.4 is 5.73 Å². The average Bonchev–Trinajstić information content (AvgIpc) is 2.47. The van der Waals surface area contributed by atoms with Gasteiger partial charge in [-0.2, -0.15) is 0 Å². The highest BCUT2D eigenvalue weighted by Gasteiger charge is 2.10. The number of para-hydroxylation sites is 1. The Morgan fingerprint density at radius 1 is 1.10 bits per heavy atom. The van der Waals surface area contributed by atoms with Crippen LogP contribution >= 0.6 is 0 Å². The summed E-state index contributed by atoms with van der Waals surface area (Å²) in [5, 5.41) is 1.10. The molecule has 0 aliphatic carbocycles. The first-order chi connectivity index (χ1) is 10.1. The maximum absolute atomic E-state index is 13.6. The van der Waals surface area contributed by atoms with Gasteiger partial charge in [-0.15, -0.1) is 0 Å². The van der Waals surface area contributed by atoms with Gasteiger partial charge in [0.15, 0.2) is 0 Å². The molecule has 0 aliphatic heterocycles. The molecule has 0 bridgehead atoms. The summed E-state index contributed by atoms with van der Waals surface area (Å²) in [6.45, 7) is 1.92. The van der Waals surface area contributed by atoms with Crippen molar-refractivity contribution in [3.05, 3.63) is 77.2 Å². The minimum atomic E-state index is -0.229. The molecule has 1 heterocycles. The van der Waals surface area contributed by atoms with Crippen molar-refractivity contribution in [2.24, 2.45) is 5.73 Å². The van der Waals surface area contributed by atoms with Crippen LogP contribution in [0.5, 0.6) is 0 Å². The molecule has 1 aromatic heterocycles. The molecule has 1 atom stereocenters. The molecule has 0 amide bonds. The van der Waals surface area contributed by atoms with Crippen molar-refractivity contribution in [1.29, 1.82) is 0 Å². The number of nitrogens with zero attached hydrogens (tertiary/aromatic N) is 1. The van der Waals surface area contributed by atoms with Crippen LogP contribution in [0.25, 0.3) is 10.9 Å². The Labute approximate surface area is 123 Å². The van der Waals surface area contributed by atoms with E-state index in [1.807, 2.05) is 37.3 Å². The van der Waals surface area contributed by atoms with Gasteiger partial charge < -0.3 is 5.73 Å². The minimum Gasteiger partial charge on any atom is -0.324 e. The number of aromatic nitrogens is 1. The van der Waals surface area contributed by atoms with Gasteiger partial charge in [0.25, 0.3) is 0 Å². The minimum absolute atomic E-state index is 0.117. The van der Waals surface area contributed by atoms with Gasteiger partial charge in [-0.05, 0) is 54.3 Å². The summed E-state index contributed by atoms with van der Waals surface area (Å²) >= 11 is 0. The van der Waals surface area contributed by atoms with Gasteiger partial charge in [0.2, 0.25) is 0 Å². The number of nitrogens with two attached hydrogens (primary N) is 1. The van der Waals surface area contributed by atoms with E-state index in [1.54, 1.807) is 18.3 Å². The monoisotopic (exact) mass is 280 g/mol. The SMILES string of the molecule is CC(N)c1ccc(F)cc1Cc1ccnc2ccccc12. The second-order valence-electron chi connectivity index (χ2n) is 5.30. The number of pyridine rings is 1. The lowest BCUT2D eigenvalue weighted by molar-refractivity contribution is 0.623. The summed E-state index contributed by atoms with van der Waals surface area (Å²) in [5.74, 6) is -0.229. The third kappa shape index (κ3) is 2.78. The van der Waals surface area contributed by atoms with Gasteiger partial charge in [-0.25, -0.2) is 4.39 Å². The largest absolute Gasteiger partial charge is 0.324 e. The smallest absolute Gasteiger partial charge is 0.123 e. The van der Waals surface area contributed by atoms with Crippen molar-refractivity contribution in [2.75, 3.05) is 0 Å². The predicted octanol–water partition coefficient (Wildman–Crippen LogP) is 3.98. The fraction of sp³-hybridized carbons (Fsp3) is 0.167. The summed E-state index contributed by atoms with van der Waals surface area (Å²) in [5.41, 5.74) is 10.00. The summed E-state index contributed by atoms with van der Waals surface area (Å²) < 4.78 is 13.6. The van der Waals surface area contributed by atoms with E-state index in [2.05, 4.69) is 4.98 Å². The van der Waals surface area contributed by atoms with Crippen LogP contribution in [0.1, 0.15) is 29.7 Å². The number of rotatable bonds is 3. The molecule has 1 unspecified atom stereocenters. The molecule has 0 saturated carbocycles. The third-order valence-electron chi connectivity index (χ3n) is 3.72. The quantitative estimate of drug-likeness (QED) is 0.788.